The number of ether oxygens (including phenoxy) is 1. The molecule has 182 valence electrons. The van der Waals surface area contributed by atoms with Gasteiger partial charge in [-0.2, -0.15) is 8.78 Å². The molecule has 0 amide bonds. The van der Waals surface area contributed by atoms with Crippen molar-refractivity contribution in [3.8, 4) is 5.75 Å². The number of nitrogens with zero attached hydrogens (tertiary/aromatic N) is 4. The van der Waals surface area contributed by atoms with Gasteiger partial charge in [0.15, 0.2) is 5.96 Å². The first kappa shape index (κ1) is 26.9. The minimum atomic E-state index is -2.84. The summed E-state index contributed by atoms with van der Waals surface area (Å²) in [4.78, 5) is 13.1. The number of aliphatic imine (C=N–C) groups is 1. The van der Waals surface area contributed by atoms with Crippen molar-refractivity contribution in [1.29, 1.82) is 0 Å². The van der Waals surface area contributed by atoms with Gasteiger partial charge in [-0.05, 0) is 44.0 Å². The number of benzene rings is 1. The van der Waals surface area contributed by atoms with Crippen LogP contribution in [-0.4, -0.2) is 56.8 Å². The Labute approximate surface area is 211 Å². The summed E-state index contributed by atoms with van der Waals surface area (Å²) in [6.45, 7) is 5.26. The molecule has 33 heavy (non-hydrogen) atoms. The van der Waals surface area contributed by atoms with Gasteiger partial charge in [0.25, 0.3) is 0 Å². The van der Waals surface area contributed by atoms with E-state index in [1.54, 1.807) is 19.2 Å². The van der Waals surface area contributed by atoms with Gasteiger partial charge in [-0.15, -0.1) is 24.0 Å². The Morgan fingerprint density at radius 3 is 2.64 bits per heavy atom. The number of guanidine groups is 1. The second-order valence-corrected chi connectivity index (χ2v) is 7.54. The summed E-state index contributed by atoms with van der Waals surface area (Å²) >= 11 is 0. The fraction of sp³-hybridized carbons (Fsp3) is 0.478. The Hall–Kier alpha value is -2.37. The first-order chi connectivity index (χ1) is 15.5. The predicted octanol–water partition coefficient (Wildman–Crippen LogP) is 4.09. The van der Waals surface area contributed by atoms with Crippen LogP contribution in [0.25, 0.3) is 0 Å². The van der Waals surface area contributed by atoms with Gasteiger partial charge in [0.1, 0.15) is 11.6 Å². The Morgan fingerprint density at radius 2 is 2.00 bits per heavy atom. The van der Waals surface area contributed by atoms with Crippen LogP contribution in [-0.2, 0) is 6.54 Å². The van der Waals surface area contributed by atoms with Gasteiger partial charge in [-0.3, -0.25) is 4.99 Å². The zero-order valence-electron chi connectivity index (χ0n) is 19.3. The molecule has 0 bridgehead atoms. The first-order valence-corrected chi connectivity index (χ1v) is 11.0. The molecule has 2 N–H and O–H groups in total. The predicted molar refractivity (Wildman–Crippen MR) is 140 cm³/mol. The third-order valence-corrected chi connectivity index (χ3v) is 5.53. The molecule has 1 aliphatic rings. The number of pyridine rings is 1. The van der Waals surface area contributed by atoms with Crippen LogP contribution in [0.15, 0.2) is 47.6 Å². The molecule has 1 aromatic carbocycles. The maximum atomic E-state index is 12.7. The van der Waals surface area contributed by atoms with Crippen molar-refractivity contribution in [2.45, 2.75) is 39.5 Å². The van der Waals surface area contributed by atoms with E-state index in [9.17, 15) is 8.78 Å². The lowest BCUT2D eigenvalue weighted by Crippen LogP contribution is -2.44. The number of para-hydroxylation sites is 2. The highest BCUT2D eigenvalue weighted by molar-refractivity contribution is 14.0. The summed E-state index contributed by atoms with van der Waals surface area (Å²) in [5.41, 5.74) is 1.74. The standard InChI is InChI=1S/C23H32F2N6O.HI/c1-4-30(5-2)21-11-10-17(14-27-21)15-28-23(26-3)29-18-12-13-31(16-18)19-8-6-7-9-20(19)32-22(24)25;/h6-11,14,18,22H,4-5,12-13,15-16H2,1-3H3,(H2,26,28,29);1H. The first-order valence-electron chi connectivity index (χ1n) is 11.0. The third kappa shape index (κ3) is 7.58. The number of halogens is 3. The molecule has 1 saturated heterocycles. The minimum absolute atomic E-state index is 0. The highest BCUT2D eigenvalue weighted by Gasteiger charge is 2.26. The molecule has 0 aliphatic carbocycles. The zero-order chi connectivity index (χ0) is 22.9. The lowest BCUT2D eigenvalue weighted by molar-refractivity contribution is -0.0495. The van der Waals surface area contributed by atoms with Crippen LogP contribution in [0, 0.1) is 0 Å². The Balaban J connectivity index is 0.00000385. The molecular weight excluding hydrogens is 541 g/mol. The number of hydrogen-bond acceptors (Lipinski definition) is 5. The molecule has 3 rings (SSSR count). The van der Waals surface area contributed by atoms with Gasteiger partial charge in [-0.25, -0.2) is 4.98 Å². The van der Waals surface area contributed by atoms with Crippen molar-refractivity contribution >= 4 is 41.4 Å². The number of nitrogens with one attached hydrogen (secondary N) is 2. The number of alkyl halides is 2. The quantitative estimate of drug-likeness (QED) is 0.267. The van der Waals surface area contributed by atoms with Crippen molar-refractivity contribution < 1.29 is 13.5 Å². The van der Waals surface area contributed by atoms with Crippen LogP contribution in [0.5, 0.6) is 5.75 Å². The monoisotopic (exact) mass is 574 g/mol. The number of hydrogen-bond donors (Lipinski definition) is 2. The largest absolute Gasteiger partial charge is 0.433 e. The molecule has 1 fully saturated rings. The van der Waals surface area contributed by atoms with Gasteiger partial charge >= 0.3 is 6.61 Å². The van der Waals surface area contributed by atoms with Gasteiger partial charge in [-0.1, -0.05) is 18.2 Å². The van der Waals surface area contributed by atoms with Crippen molar-refractivity contribution in [2.75, 3.05) is 43.0 Å². The Bertz CT molecular complexity index is 880. The van der Waals surface area contributed by atoms with Gasteiger partial charge < -0.3 is 25.2 Å². The number of aromatic nitrogens is 1. The van der Waals surface area contributed by atoms with E-state index in [4.69, 9.17) is 0 Å². The second-order valence-electron chi connectivity index (χ2n) is 7.54. The molecule has 10 heteroatoms. The zero-order valence-corrected chi connectivity index (χ0v) is 21.6. The molecule has 0 radical (unpaired) electrons. The van der Waals surface area contributed by atoms with Gasteiger partial charge in [0.2, 0.25) is 0 Å². The van der Waals surface area contributed by atoms with E-state index in [2.05, 4.69) is 55.1 Å². The molecule has 0 saturated carbocycles. The molecule has 1 aliphatic heterocycles. The van der Waals surface area contributed by atoms with E-state index in [-0.39, 0.29) is 35.8 Å². The molecule has 7 nitrogen and oxygen atoms in total. The Kier molecular flexibility index (Phi) is 10.9. The summed E-state index contributed by atoms with van der Waals surface area (Å²) in [7, 11) is 1.73. The Morgan fingerprint density at radius 1 is 1.24 bits per heavy atom. The van der Waals surface area contributed by atoms with Crippen LogP contribution in [0.4, 0.5) is 20.3 Å². The lowest BCUT2D eigenvalue weighted by atomic mass is 10.2. The fourth-order valence-electron chi connectivity index (χ4n) is 3.84. The summed E-state index contributed by atoms with van der Waals surface area (Å²) in [6.07, 6.45) is 2.75. The van der Waals surface area contributed by atoms with Crippen LogP contribution in [0.3, 0.4) is 0 Å². The van der Waals surface area contributed by atoms with Crippen molar-refractivity contribution in [3.63, 3.8) is 0 Å². The lowest BCUT2D eigenvalue weighted by Gasteiger charge is -2.22. The summed E-state index contributed by atoms with van der Waals surface area (Å²) in [5, 5.41) is 6.75. The SMILES string of the molecule is CCN(CC)c1ccc(CNC(=NC)NC2CCN(c3ccccc3OC(F)F)C2)cn1.I. The van der Waals surface area contributed by atoms with E-state index >= 15 is 0 Å². The average molecular weight is 574 g/mol. The van der Waals surface area contributed by atoms with Gasteiger partial charge in [0.05, 0.1) is 5.69 Å². The normalized spacial score (nSPS) is 15.9. The third-order valence-electron chi connectivity index (χ3n) is 5.53. The molecule has 1 unspecified atom stereocenters. The van der Waals surface area contributed by atoms with Crippen LogP contribution in [0.1, 0.15) is 25.8 Å². The van der Waals surface area contributed by atoms with Crippen molar-refractivity contribution in [2.24, 2.45) is 4.99 Å². The highest BCUT2D eigenvalue weighted by Crippen LogP contribution is 2.31. The fourth-order valence-corrected chi connectivity index (χ4v) is 3.84. The van der Waals surface area contributed by atoms with E-state index in [0.29, 0.717) is 24.7 Å². The average Bonchev–Trinajstić information content (AvgIpc) is 3.26. The van der Waals surface area contributed by atoms with Crippen LogP contribution in [0.2, 0.25) is 0 Å². The molecule has 0 spiro atoms. The summed E-state index contributed by atoms with van der Waals surface area (Å²) in [6, 6.07) is 11.1. The van der Waals surface area contributed by atoms with Gasteiger partial charge in [0, 0.05) is 52.0 Å². The van der Waals surface area contributed by atoms with E-state index < -0.39 is 6.61 Å². The number of anilines is 2. The van der Waals surface area contributed by atoms with Crippen LogP contribution < -0.4 is 25.2 Å². The molecule has 1 aromatic heterocycles. The number of rotatable bonds is 9. The smallest absolute Gasteiger partial charge is 0.387 e. The summed E-state index contributed by atoms with van der Waals surface area (Å²) < 4.78 is 30.1. The summed E-state index contributed by atoms with van der Waals surface area (Å²) in [5.74, 6) is 1.87. The molecular formula is C23H33F2IN6O. The highest BCUT2D eigenvalue weighted by atomic mass is 127. The van der Waals surface area contributed by atoms with E-state index in [1.165, 1.54) is 0 Å². The van der Waals surface area contributed by atoms with Crippen LogP contribution >= 0.6 is 24.0 Å². The maximum Gasteiger partial charge on any atom is 0.387 e. The second kappa shape index (κ2) is 13.4. The van der Waals surface area contributed by atoms with E-state index in [1.807, 2.05) is 24.4 Å². The van der Waals surface area contributed by atoms with Crippen molar-refractivity contribution in [3.05, 3.63) is 48.2 Å². The maximum absolute atomic E-state index is 12.7. The molecule has 2 heterocycles. The topological polar surface area (TPSA) is 65.0 Å². The molecule has 2 aromatic rings. The molecule has 1 atom stereocenters. The minimum Gasteiger partial charge on any atom is -0.433 e. The van der Waals surface area contributed by atoms with Crippen molar-refractivity contribution in [1.82, 2.24) is 15.6 Å². The van der Waals surface area contributed by atoms with E-state index in [0.717, 1.165) is 37.4 Å².